The fourth-order valence-electron chi connectivity index (χ4n) is 2.73. The Morgan fingerprint density at radius 2 is 1.52 bits per heavy atom. The average Bonchev–Trinajstić information content (AvgIpc) is 2.65. The van der Waals surface area contributed by atoms with Gasteiger partial charge in [0.05, 0.1) is 0 Å². The highest BCUT2D eigenvalue weighted by Crippen LogP contribution is 2.06. The van der Waals surface area contributed by atoms with Crippen LogP contribution in [0.4, 0.5) is 0 Å². The van der Waals surface area contributed by atoms with Crippen LogP contribution >= 0.6 is 0 Å². The summed E-state index contributed by atoms with van der Waals surface area (Å²) in [7, 11) is 6.07. The van der Waals surface area contributed by atoms with Gasteiger partial charge in [-0.15, -0.1) is 0 Å². The first kappa shape index (κ1) is 19.0. The molecule has 2 aromatic rings. The lowest BCUT2D eigenvalue weighted by Gasteiger charge is -2.25. The van der Waals surface area contributed by atoms with Gasteiger partial charge in [-0.1, -0.05) is 60.7 Å². The quantitative estimate of drug-likeness (QED) is 0.574. The molecular weight excluding hydrogens is 308 g/mol. The molecular formula is C21H30N4. The number of hydrogen-bond donors (Lipinski definition) is 2. The number of nitrogens with one attached hydrogen (secondary N) is 2. The van der Waals surface area contributed by atoms with Gasteiger partial charge in [-0.25, -0.2) is 0 Å². The van der Waals surface area contributed by atoms with Gasteiger partial charge in [0.2, 0.25) is 0 Å². The summed E-state index contributed by atoms with van der Waals surface area (Å²) in [6.45, 7) is 1.72. The maximum Gasteiger partial charge on any atom is 0.191 e. The first-order chi connectivity index (χ1) is 12.2. The summed E-state index contributed by atoms with van der Waals surface area (Å²) >= 11 is 0. The van der Waals surface area contributed by atoms with E-state index in [1.165, 1.54) is 11.1 Å². The molecule has 0 spiro atoms. The van der Waals surface area contributed by atoms with E-state index in [1.54, 1.807) is 0 Å². The Morgan fingerprint density at radius 1 is 0.920 bits per heavy atom. The molecule has 4 heteroatoms. The second-order valence-corrected chi connectivity index (χ2v) is 6.42. The van der Waals surface area contributed by atoms with E-state index < -0.39 is 0 Å². The smallest absolute Gasteiger partial charge is 0.191 e. The van der Waals surface area contributed by atoms with Crippen molar-refractivity contribution in [3.8, 4) is 0 Å². The van der Waals surface area contributed by atoms with E-state index in [9.17, 15) is 0 Å². The van der Waals surface area contributed by atoms with Crippen molar-refractivity contribution in [2.45, 2.75) is 18.9 Å². The van der Waals surface area contributed by atoms with E-state index in [2.05, 4.69) is 89.2 Å². The maximum absolute atomic E-state index is 4.33. The third-order valence-corrected chi connectivity index (χ3v) is 4.32. The van der Waals surface area contributed by atoms with E-state index in [0.29, 0.717) is 6.04 Å². The molecule has 1 unspecified atom stereocenters. The molecule has 2 rings (SSSR count). The molecule has 0 saturated carbocycles. The van der Waals surface area contributed by atoms with Crippen molar-refractivity contribution in [2.75, 3.05) is 34.2 Å². The standard InChI is InChI=1S/C21H30N4/c1-22-21(23-15-14-18-10-6-4-7-11-18)24-17-20(25(2)3)16-19-12-8-5-9-13-19/h4-13,20H,14-17H2,1-3H3,(H2,22,23,24). The first-order valence-electron chi connectivity index (χ1n) is 8.88. The van der Waals surface area contributed by atoms with E-state index >= 15 is 0 Å². The molecule has 0 bridgehead atoms. The number of nitrogens with zero attached hydrogens (tertiary/aromatic N) is 2. The van der Waals surface area contributed by atoms with Gasteiger partial charge < -0.3 is 15.5 Å². The summed E-state index contributed by atoms with van der Waals surface area (Å²) in [6.07, 6.45) is 2.00. The van der Waals surface area contributed by atoms with Gasteiger partial charge in [0.25, 0.3) is 0 Å². The number of benzene rings is 2. The molecule has 2 N–H and O–H groups in total. The van der Waals surface area contributed by atoms with Crippen LogP contribution in [0.25, 0.3) is 0 Å². The summed E-state index contributed by atoms with van der Waals surface area (Å²) < 4.78 is 0. The fourth-order valence-corrected chi connectivity index (χ4v) is 2.73. The third kappa shape index (κ3) is 6.98. The van der Waals surface area contributed by atoms with Crippen molar-refractivity contribution >= 4 is 5.96 Å². The van der Waals surface area contributed by atoms with Crippen molar-refractivity contribution in [3.05, 3.63) is 71.8 Å². The monoisotopic (exact) mass is 338 g/mol. The largest absolute Gasteiger partial charge is 0.356 e. The summed E-state index contributed by atoms with van der Waals surface area (Å²) in [4.78, 5) is 6.59. The van der Waals surface area contributed by atoms with Crippen LogP contribution < -0.4 is 10.6 Å². The highest BCUT2D eigenvalue weighted by molar-refractivity contribution is 5.79. The molecule has 0 amide bonds. The molecule has 2 aromatic carbocycles. The van der Waals surface area contributed by atoms with Crippen LogP contribution in [0.1, 0.15) is 11.1 Å². The molecule has 0 fully saturated rings. The van der Waals surface area contributed by atoms with Gasteiger partial charge in [-0.05, 0) is 38.1 Å². The van der Waals surface area contributed by atoms with Gasteiger partial charge in [0.1, 0.15) is 0 Å². The highest BCUT2D eigenvalue weighted by Gasteiger charge is 2.12. The zero-order valence-electron chi connectivity index (χ0n) is 15.6. The maximum atomic E-state index is 4.33. The number of likely N-dealkylation sites (N-methyl/N-ethyl adjacent to an activating group) is 1. The second kappa shape index (κ2) is 10.5. The lowest BCUT2D eigenvalue weighted by atomic mass is 10.1. The summed E-state index contributed by atoms with van der Waals surface area (Å²) in [6, 6.07) is 21.5. The molecule has 0 aliphatic heterocycles. The molecule has 0 aliphatic carbocycles. The minimum atomic E-state index is 0.412. The fraction of sp³-hybridized carbons (Fsp3) is 0.381. The predicted octanol–water partition coefficient (Wildman–Crippen LogP) is 2.57. The molecule has 1 atom stereocenters. The Bertz CT molecular complexity index is 623. The Kier molecular flexibility index (Phi) is 7.99. The molecule has 0 aliphatic rings. The van der Waals surface area contributed by atoms with Crippen molar-refractivity contribution in [1.29, 1.82) is 0 Å². The summed E-state index contributed by atoms with van der Waals surface area (Å²) in [5.41, 5.74) is 2.69. The SMILES string of the molecule is CN=C(NCCc1ccccc1)NCC(Cc1ccccc1)N(C)C. The van der Waals surface area contributed by atoms with E-state index in [1.807, 2.05) is 13.1 Å². The Labute approximate surface area is 152 Å². The van der Waals surface area contributed by atoms with Crippen molar-refractivity contribution in [3.63, 3.8) is 0 Å². The number of hydrogen-bond acceptors (Lipinski definition) is 2. The van der Waals surface area contributed by atoms with Gasteiger partial charge in [0.15, 0.2) is 5.96 Å². The normalized spacial score (nSPS) is 12.9. The first-order valence-corrected chi connectivity index (χ1v) is 8.88. The van der Waals surface area contributed by atoms with Crippen LogP contribution in [0.5, 0.6) is 0 Å². The second-order valence-electron chi connectivity index (χ2n) is 6.42. The van der Waals surface area contributed by atoms with E-state index in [4.69, 9.17) is 0 Å². The van der Waals surface area contributed by atoms with Crippen LogP contribution in [0.2, 0.25) is 0 Å². The Hall–Kier alpha value is -2.33. The van der Waals surface area contributed by atoms with Crippen LogP contribution in [0.3, 0.4) is 0 Å². The lowest BCUT2D eigenvalue weighted by Crippen LogP contribution is -2.46. The molecule has 4 nitrogen and oxygen atoms in total. The molecule has 134 valence electrons. The Balaban J connectivity index is 1.79. The molecule has 25 heavy (non-hydrogen) atoms. The minimum absolute atomic E-state index is 0.412. The van der Waals surface area contributed by atoms with Crippen molar-refractivity contribution < 1.29 is 0 Å². The number of rotatable bonds is 8. The average molecular weight is 338 g/mol. The Morgan fingerprint density at radius 3 is 2.08 bits per heavy atom. The van der Waals surface area contributed by atoms with Crippen LogP contribution in [-0.2, 0) is 12.8 Å². The third-order valence-electron chi connectivity index (χ3n) is 4.32. The van der Waals surface area contributed by atoms with E-state index in [-0.39, 0.29) is 0 Å². The summed E-state index contributed by atoms with van der Waals surface area (Å²) in [5, 5.41) is 6.85. The van der Waals surface area contributed by atoms with Gasteiger partial charge in [0, 0.05) is 26.2 Å². The van der Waals surface area contributed by atoms with Gasteiger partial charge in [-0.2, -0.15) is 0 Å². The molecule has 0 radical (unpaired) electrons. The molecule has 0 aromatic heterocycles. The summed E-state index contributed by atoms with van der Waals surface area (Å²) in [5.74, 6) is 0.857. The van der Waals surface area contributed by atoms with Gasteiger partial charge >= 0.3 is 0 Å². The van der Waals surface area contributed by atoms with Gasteiger partial charge in [-0.3, -0.25) is 4.99 Å². The number of aliphatic imine (C=N–C) groups is 1. The van der Waals surface area contributed by atoms with Crippen molar-refractivity contribution in [2.24, 2.45) is 4.99 Å². The molecule has 0 saturated heterocycles. The lowest BCUT2D eigenvalue weighted by molar-refractivity contribution is 0.290. The zero-order valence-corrected chi connectivity index (χ0v) is 15.6. The van der Waals surface area contributed by atoms with Crippen LogP contribution in [0.15, 0.2) is 65.7 Å². The minimum Gasteiger partial charge on any atom is -0.356 e. The topological polar surface area (TPSA) is 39.7 Å². The van der Waals surface area contributed by atoms with Crippen LogP contribution in [-0.4, -0.2) is 51.1 Å². The number of guanidine groups is 1. The van der Waals surface area contributed by atoms with E-state index in [0.717, 1.165) is 31.9 Å². The van der Waals surface area contributed by atoms with Crippen LogP contribution in [0, 0.1) is 0 Å². The predicted molar refractivity (Wildman–Crippen MR) is 107 cm³/mol. The highest BCUT2D eigenvalue weighted by atomic mass is 15.2. The van der Waals surface area contributed by atoms with Crippen molar-refractivity contribution in [1.82, 2.24) is 15.5 Å². The zero-order chi connectivity index (χ0) is 17.9. The molecule has 0 heterocycles.